The maximum absolute atomic E-state index is 9.27. The fourth-order valence-electron chi connectivity index (χ4n) is 3.94. The Kier molecular flexibility index (Phi) is 3.79. The zero-order valence-corrected chi connectivity index (χ0v) is 11.7. The van der Waals surface area contributed by atoms with Crippen molar-refractivity contribution in [3.05, 3.63) is 29.8 Å². The van der Waals surface area contributed by atoms with E-state index in [1.807, 2.05) is 12.1 Å². The summed E-state index contributed by atoms with van der Waals surface area (Å²) >= 11 is 0. The molecule has 2 aliphatic carbocycles. The Hall–Kier alpha value is -1.02. The van der Waals surface area contributed by atoms with Gasteiger partial charge in [0.2, 0.25) is 0 Å². The second-order valence-corrected chi connectivity index (χ2v) is 6.53. The molecular formula is C17H25NO. The number of nitrogens with one attached hydrogen (secondary N) is 1. The van der Waals surface area contributed by atoms with E-state index in [1.165, 1.54) is 56.9 Å². The van der Waals surface area contributed by atoms with E-state index in [4.69, 9.17) is 0 Å². The molecule has 2 saturated carbocycles. The van der Waals surface area contributed by atoms with E-state index in [1.54, 1.807) is 12.1 Å². The van der Waals surface area contributed by atoms with Gasteiger partial charge in [-0.05, 0) is 61.6 Å². The van der Waals surface area contributed by atoms with Crippen molar-refractivity contribution in [1.29, 1.82) is 0 Å². The molecule has 0 unspecified atom stereocenters. The second-order valence-electron chi connectivity index (χ2n) is 6.53. The number of phenolic OH excluding ortho intramolecular Hbond substituents is 1. The first kappa shape index (κ1) is 13.0. The molecule has 19 heavy (non-hydrogen) atoms. The van der Waals surface area contributed by atoms with Gasteiger partial charge in [-0.1, -0.05) is 25.0 Å². The monoisotopic (exact) mass is 259 g/mol. The molecule has 0 bridgehead atoms. The number of benzene rings is 1. The van der Waals surface area contributed by atoms with E-state index in [0.29, 0.717) is 11.8 Å². The predicted molar refractivity (Wildman–Crippen MR) is 78.1 cm³/mol. The Balaban J connectivity index is 1.46. The lowest BCUT2D eigenvalue weighted by atomic mass is 9.71. The summed E-state index contributed by atoms with van der Waals surface area (Å²) in [7, 11) is 0. The number of phenols is 1. The molecular weight excluding hydrogens is 234 g/mol. The minimum Gasteiger partial charge on any atom is -0.508 e. The van der Waals surface area contributed by atoms with Crippen molar-refractivity contribution in [2.24, 2.45) is 5.41 Å². The minimum absolute atomic E-state index is 0.351. The van der Waals surface area contributed by atoms with Crippen LogP contribution in [-0.2, 0) is 6.54 Å². The quantitative estimate of drug-likeness (QED) is 0.860. The Morgan fingerprint density at radius 2 is 1.63 bits per heavy atom. The minimum atomic E-state index is 0.351. The van der Waals surface area contributed by atoms with Crippen LogP contribution in [0.2, 0.25) is 0 Å². The van der Waals surface area contributed by atoms with Crippen molar-refractivity contribution >= 4 is 0 Å². The summed E-state index contributed by atoms with van der Waals surface area (Å²) in [5.41, 5.74) is 2.00. The van der Waals surface area contributed by atoms with Crippen LogP contribution in [0.4, 0.5) is 0 Å². The van der Waals surface area contributed by atoms with E-state index < -0.39 is 0 Å². The summed E-state index contributed by atoms with van der Waals surface area (Å²) in [4.78, 5) is 0. The average molecular weight is 259 g/mol. The topological polar surface area (TPSA) is 32.3 Å². The van der Waals surface area contributed by atoms with Gasteiger partial charge in [-0.3, -0.25) is 0 Å². The first-order chi connectivity index (χ1) is 9.26. The van der Waals surface area contributed by atoms with Gasteiger partial charge in [0, 0.05) is 12.6 Å². The number of hydrogen-bond acceptors (Lipinski definition) is 2. The molecule has 0 aromatic heterocycles. The summed E-state index contributed by atoms with van der Waals surface area (Å²) in [6.07, 6.45) is 11.4. The Morgan fingerprint density at radius 3 is 2.26 bits per heavy atom. The van der Waals surface area contributed by atoms with Crippen LogP contribution in [0, 0.1) is 5.41 Å². The highest BCUT2D eigenvalue weighted by molar-refractivity contribution is 5.25. The first-order valence-electron chi connectivity index (χ1n) is 7.77. The highest BCUT2D eigenvalue weighted by Crippen LogP contribution is 2.48. The van der Waals surface area contributed by atoms with Gasteiger partial charge in [0.1, 0.15) is 5.75 Å². The highest BCUT2D eigenvalue weighted by Gasteiger charge is 2.37. The van der Waals surface area contributed by atoms with Crippen LogP contribution in [0.25, 0.3) is 0 Å². The molecule has 2 heteroatoms. The van der Waals surface area contributed by atoms with Crippen LogP contribution in [0.3, 0.4) is 0 Å². The van der Waals surface area contributed by atoms with Gasteiger partial charge in [0.15, 0.2) is 0 Å². The number of aromatic hydroxyl groups is 1. The van der Waals surface area contributed by atoms with Gasteiger partial charge in [0.25, 0.3) is 0 Å². The second kappa shape index (κ2) is 5.54. The zero-order chi connectivity index (χ0) is 13.1. The molecule has 104 valence electrons. The van der Waals surface area contributed by atoms with Crippen molar-refractivity contribution in [3.63, 3.8) is 0 Å². The predicted octanol–water partition coefficient (Wildman–Crippen LogP) is 3.98. The molecule has 2 N–H and O–H groups in total. The lowest BCUT2D eigenvalue weighted by Gasteiger charge is -2.37. The molecule has 2 aliphatic rings. The van der Waals surface area contributed by atoms with Crippen molar-refractivity contribution < 1.29 is 5.11 Å². The molecule has 1 aromatic carbocycles. The normalized spacial score (nSPS) is 22.9. The largest absolute Gasteiger partial charge is 0.508 e. The lowest BCUT2D eigenvalue weighted by Crippen LogP contribution is -2.36. The van der Waals surface area contributed by atoms with Gasteiger partial charge in [-0.2, -0.15) is 0 Å². The fourth-order valence-corrected chi connectivity index (χ4v) is 3.94. The van der Waals surface area contributed by atoms with Gasteiger partial charge in [0.05, 0.1) is 0 Å². The molecule has 0 atom stereocenters. The lowest BCUT2D eigenvalue weighted by molar-refractivity contribution is 0.168. The summed E-state index contributed by atoms with van der Waals surface area (Å²) in [5, 5.41) is 13.0. The molecule has 0 aliphatic heterocycles. The van der Waals surface area contributed by atoms with Crippen molar-refractivity contribution in [3.8, 4) is 5.75 Å². The average Bonchev–Trinajstić information content (AvgIpc) is 2.89. The molecule has 1 spiro atoms. The summed E-state index contributed by atoms with van der Waals surface area (Å²) in [6, 6.07) is 8.24. The van der Waals surface area contributed by atoms with Crippen LogP contribution in [-0.4, -0.2) is 11.1 Å². The number of rotatable bonds is 3. The third-order valence-electron chi connectivity index (χ3n) is 5.24. The molecule has 0 saturated heterocycles. The fraction of sp³-hybridized carbons (Fsp3) is 0.647. The van der Waals surface area contributed by atoms with Gasteiger partial charge in [-0.25, -0.2) is 0 Å². The Labute approximate surface area is 116 Å². The van der Waals surface area contributed by atoms with Crippen molar-refractivity contribution in [1.82, 2.24) is 5.32 Å². The third-order valence-corrected chi connectivity index (χ3v) is 5.24. The van der Waals surface area contributed by atoms with E-state index >= 15 is 0 Å². The molecule has 0 heterocycles. The zero-order valence-electron chi connectivity index (χ0n) is 11.7. The molecule has 3 rings (SSSR count). The summed E-state index contributed by atoms with van der Waals surface area (Å²) in [6.45, 7) is 0.929. The maximum atomic E-state index is 9.27. The van der Waals surface area contributed by atoms with E-state index in [2.05, 4.69) is 5.32 Å². The molecule has 2 fully saturated rings. The van der Waals surface area contributed by atoms with Crippen LogP contribution >= 0.6 is 0 Å². The third kappa shape index (κ3) is 3.11. The van der Waals surface area contributed by atoms with Crippen molar-refractivity contribution in [2.75, 3.05) is 0 Å². The Morgan fingerprint density at radius 1 is 1.00 bits per heavy atom. The standard InChI is InChI=1S/C17H25NO/c19-16-5-3-14(4-6-16)13-18-15-7-11-17(12-8-15)9-1-2-10-17/h3-6,15,18-19H,1-2,7-13H2. The van der Waals surface area contributed by atoms with Crippen LogP contribution in [0.1, 0.15) is 56.9 Å². The molecule has 1 aromatic rings. The van der Waals surface area contributed by atoms with E-state index in [-0.39, 0.29) is 0 Å². The Bertz CT molecular complexity index is 396. The van der Waals surface area contributed by atoms with Gasteiger partial charge < -0.3 is 10.4 Å². The van der Waals surface area contributed by atoms with Crippen LogP contribution in [0.5, 0.6) is 5.75 Å². The van der Waals surface area contributed by atoms with E-state index in [0.717, 1.165) is 12.0 Å². The number of hydrogen-bond donors (Lipinski definition) is 2. The van der Waals surface area contributed by atoms with Gasteiger partial charge in [-0.15, -0.1) is 0 Å². The highest BCUT2D eigenvalue weighted by atomic mass is 16.3. The SMILES string of the molecule is Oc1ccc(CNC2CCC3(CCCC3)CC2)cc1. The first-order valence-corrected chi connectivity index (χ1v) is 7.77. The summed E-state index contributed by atoms with van der Waals surface area (Å²) in [5.74, 6) is 0.351. The molecule has 0 amide bonds. The summed E-state index contributed by atoms with van der Waals surface area (Å²) < 4.78 is 0. The smallest absolute Gasteiger partial charge is 0.115 e. The van der Waals surface area contributed by atoms with Gasteiger partial charge >= 0.3 is 0 Å². The van der Waals surface area contributed by atoms with E-state index in [9.17, 15) is 5.11 Å². The van der Waals surface area contributed by atoms with Crippen molar-refractivity contribution in [2.45, 2.75) is 64.0 Å². The van der Waals surface area contributed by atoms with Crippen LogP contribution < -0.4 is 5.32 Å². The molecule has 2 nitrogen and oxygen atoms in total. The molecule has 0 radical (unpaired) electrons. The van der Waals surface area contributed by atoms with Crippen LogP contribution in [0.15, 0.2) is 24.3 Å². The maximum Gasteiger partial charge on any atom is 0.115 e.